The third kappa shape index (κ3) is 6.12. The fourth-order valence-electron chi connectivity index (χ4n) is 2.21. The number of nitrogens with one attached hydrogen (secondary N) is 2. The second kappa shape index (κ2) is 9.20. The summed E-state index contributed by atoms with van der Waals surface area (Å²) in [5.41, 5.74) is 1.29. The average Bonchev–Trinajstić information content (AvgIpc) is 2.66. The molecule has 0 aliphatic rings. The molecular weight excluding hydrogens is 368 g/mol. The average molecular weight is 388 g/mol. The lowest BCUT2D eigenvalue weighted by atomic mass is 10.1. The Morgan fingerprint density at radius 1 is 0.889 bits per heavy atom. The zero-order chi connectivity index (χ0) is 19.9. The summed E-state index contributed by atoms with van der Waals surface area (Å²) in [6, 6.07) is 14.5. The molecule has 1 amide bonds. The third-order valence-corrected chi connectivity index (χ3v) is 5.18. The van der Waals surface area contributed by atoms with Crippen LogP contribution in [0.2, 0.25) is 0 Å². The summed E-state index contributed by atoms with van der Waals surface area (Å²) < 4.78 is 26.5. The predicted octanol–water partition coefficient (Wildman–Crippen LogP) is 1.23. The Labute approximate surface area is 157 Å². The molecule has 0 aromatic heterocycles. The molecule has 2 aromatic carbocycles. The Morgan fingerprint density at radius 2 is 1.52 bits per heavy atom. The van der Waals surface area contributed by atoms with E-state index < -0.39 is 33.9 Å². The van der Waals surface area contributed by atoms with E-state index in [1.165, 1.54) is 12.1 Å². The third-order valence-electron chi connectivity index (χ3n) is 3.70. The lowest BCUT2D eigenvalue weighted by Gasteiger charge is -2.08. The van der Waals surface area contributed by atoms with Gasteiger partial charge in [0.25, 0.3) is 5.91 Å². The number of carbonyl (C=O) groups excluding carboxylic acids is 3. The molecule has 0 radical (unpaired) electrons. The molecule has 8 heteroatoms. The number of rotatable bonds is 9. The first kappa shape index (κ1) is 20.5. The van der Waals surface area contributed by atoms with Crippen molar-refractivity contribution >= 4 is 27.5 Å². The molecule has 7 nitrogen and oxygen atoms in total. The van der Waals surface area contributed by atoms with Gasteiger partial charge in [-0.1, -0.05) is 48.0 Å². The van der Waals surface area contributed by atoms with Gasteiger partial charge in [-0.25, -0.2) is 13.1 Å². The van der Waals surface area contributed by atoms with Crippen LogP contribution in [-0.4, -0.2) is 39.0 Å². The minimum atomic E-state index is -3.69. The number of hydrogen-bond donors (Lipinski definition) is 2. The standard InChI is InChI=1S/C19H20N2O5S/c1-14-7-9-16(10-8-14)27(25,26)21-12-11-20-19(24)18(23)13-17(22)15-5-3-2-4-6-15/h2-10,21H,11-13H2,1H3,(H,20,24). The van der Waals surface area contributed by atoms with E-state index >= 15 is 0 Å². The van der Waals surface area contributed by atoms with E-state index in [9.17, 15) is 22.8 Å². The molecule has 0 aliphatic carbocycles. The summed E-state index contributed by atoms with van der Waals surface area (Å²) in [4.78, 5) is 35.6. The predicted molar refractivity (Wildman–Crippen MR) is 99.8 cm³/mol. The molecule has 0 heterocycles. The van der Waals surface area contributed by atoms with E-state index in [-0.39, 0.29) is 18.0 Å². The van der Waals surface area contributed by atoms with E-state index in [1.807, 2.05) is 6.92 Å². The van der Waals surface area contributed by atoms with Crippen molar-refractivity contribution in [3.8, 4) is 0 Å². The van der Waals surface area contributed by atoms with Crippen LogP contribution in [0.3, 0.4) is 0 Å². The molecule has 142 valence electrons. The van der Waals surface area contributed by atoms with Crippen molar-refractivity contribution in [2.24, 2.45) is 0 Å². The number of benzene rings is 2. The number of Topliss-reactive ketones (excluding diaryl/α,β-unsaturated/α-hetero) is 2. The maximum Gasteiger partial charge on any atom is 0.287 e. The van der Waals surface area contributed by atoms with Crippen molar-refractivity contribution in [2.45, 2.75) is 18.2 Å². The fraction of sp³-hybridized carbons (Fsp3) is 0.211. The topological polar surface area (TPSA) is 109 Å². The molecule has 27 heavy (non-hydrogen) atoms. The Bertz CT molecular complexity index is 922. The van der Waals surface area contributed by atoms with Gasteiger partial charge in [0, 0.05) is 18.7 Å². The minimum absolute atomic E-state index is 0.0742. The van der Waals surface area contributed by atoms with E-state index in [1.54, 1.807) is 42.5 Å². The molecule has 0 saturated carbocycles. The lowest BCUT2D eigenvalue weighted by Crippen LogP contribution is -2.38. The molecule has 2 aromatic rings. The minimum Gasteiger partial charge on any atom is -0.348 e. The van der Waals surface area contributed by atoms with Gasteiger partial charge in [0.1, 0.15) is 0 Å². The van der Waals surface area contributed by atoms with Crippen LogP contribution >= 0.6 is 0 Å². The largest absolute Gasteiger partial charge is 0.348 e. The van der Waals surface area contributed by atoms with Gasteiger partial charge in [0.2, 0.25) is 15.8 Å². The van der Waals surface area contributed by atoms with Gasteiger partial charge in [0.15, 0.2) is 5.78 Å². The molecule has 0 unspecified atom stereocenters. The number of aryl methyl sites for hydroxylation is 1. The Morgan fingerprint density at radius 3 is 2.15 bits per heavy atom. The maximum absolute atomic E-state index is 12.1. The van der Waals surface area contributed by atoms with Crippen molar-refractivity contribution in [3.63, 3.8) is 0 Å². The SMILES string of the molecule is Cc1ccc(S(=O)(=O)NCCNC(=O)C(=O)CC(=O)c2ccccc2)cc1. The van der Waals surface area contributed by atoms with Gasteiger partial charge in [-0.15, -0.1) is 0 Å². The summed E-state index contributed by atoms with van der Waals surface area (Å²) in [5.74, 6) is -2.24. The van der Waals surface area contributed by atoms with E-state index in [2.05, 4.69) is 10.0 Å². The van der Waals surface area contributed by atoms with Crippen LogP contribution in [0.4, 0.5) is 0 Å². The van der Waals surface area contributed by atoms with Crippen molar-refractivity contribution in [1.29, 1.82) is 0 Å². The highest BCUT2D eigenvalue weighted by Crippen LogP contribution is 2.09. The van der Waals surface area contributed by atoms with Crippen molar-refractivity contribution < 1.29 is 22.8 Å². The fourth-order valence-corrected chi connectivity index (χ4v) is 3.24. The Hall–Kier alpha value is -2.84. The molecule has 2 rings (SSSR count). The summed E-state index contributed by atoms with van der Waals surface area (Å²) in [5, 5.41) is 2.30. The number of hydrogen-bond acceptors (Lipinski definition) is 5. The molecular formula is C19H20N2O5S. The van der Waals surface area contributed by atoms with Crippen LogP contribution in [0, 0.1) is 6.92 Å². The maximum atomic E-state index is 12.1. The highest BCUT2D eigenvalue weighted by Gasteiger charge is 2.19. The van der Waals surface area contributed by atoms with E-state index in [4.69, 9.17) is 0 Å². The second-order valence-electron chi connectivity index (χ2n) is 5.86. The molecule has 2 N–H and O–H groups in total. The normalized spacial score (nSPS) is 11.0. The molecule has 0 bridgehead atoms. The first-order chi connectivity index (χ1) is 12.8. The van der Waals surface area contributed by atoms with Crippen LogP contribution in [0.25, 0.3) is 0 Å². The zero-order valence-corrected chi connectivity index (χ0v) is 15.6. The van der Waals surface area contributed by atoms with Crippen LogP contribution in [0.1, 0.15) is 22.3 Å². The van der Waals surface area contributed by atoms with Crippen molar-refractivity contribution in [2.75, 3.05) is 13.1 Å². The zero-order valence-electron chi connectivity index (χ0n) is 14.8. The van der Waals surface area contributed by atoms with Crippen molar-refractivity contribution in [3.05, 3.63) is 65.7 Å². The monoisotopic (exact) mass is 388 g/mol. The van der Waals surface area contributed by atoms with Crippen LogP contribution in [0.5, 0.6) is 0 Å². The van der Waals surface area contributed by atoms with Gasteiger partial charge in [-0.05, 0) is 19.1 Å². The Balaban J connectivity index is 1.77. The smallest absolute Gasteiger partial charge is 0.287 e. The Kier molecular flexibility index (Phi) is 6.98. The van der Waals surface area contributed by atoms with Crippen molar-refractivity contribution in [1.82, 2.24) is 10.0 Å². The summed E-state index contributed by atoms with van der Waals surface area (Å²) in [7, 11) is -3.69. The lowest BCUT2D eigenvalue weighted by molar-refractivity contribution is -0.137. The number of carbonyl (C=O) groups is 3. The van der Waals surface area contributed by atoms with Crippen LogP contribution in [-0.2, 0) is 19.6 Å². The summed E-state index contributed by atoms with van der Waals surface area (Å²) >= 11 is 0. The summed E-state index contributed by atoms with van der Waals surface area (Å²) in [6.07, 6.45) is -0.537. The van der Waals surface area contributed by atoms with Gasteiger partial charge in [-0.2, -0.15) is 0 Å². The second-order valence-corrected chi connectivity index (χ2v) is 7.62. The molecule has 0 fully saturated rings. The highest BCUT2D eigenvalue weighted by atomic mass is 32.2. The molecule has 0 aliphatic heterocycles. The van der Waals surface area contributed by atoms with Gasteiger partial charge >= 0.3 is 0 Å². The number of ketones is 2. The highest BCUT2D eigenvalue weighted by molar-refractivity contribution is 7.89. The van der Waals surface area contributed by atoms with Gasteiger partial charge < -0.3 is 5.32 Å². The first-order valence-corrected chi connectivity index (χ1v) is 9.73. The first-order valence-electron chi connectivity index (χ1n) is 8.25. The van der Waals surface area contributed by atoms with Gasteiger partial charge in [-0.3, -0.25) is 14.4 Å². The molecule has 0 atom stereocenters. The van der Waals surface area contributed by atoms with E-state index in [0.29, 0.717) is 5.56 Å². The summed E-state index contributed by atoms with van der Waals surface area (Å²) in [6.45, 7) is 1.69. The number of sulfonamides is 1. The van der Waals surface area contributed by atoms with Crippen LogP contribution < -0.4 is 10.0 Å². The molecule has 0 spiro atoms. The van der Waals surface area contributed by atoms with Gasteiger partial charge in [0.05, 0.1) is 11.3 Å². The van der Waals surface area contributed by atoms with E-state index in [0.717, 1.165) is 5.56 Å². The number of amides is 1. The quantitative estimate of drug-likeness (QED) is 0.291. The molecule has 0 saturated heterocycles. The van der Waals surface area contributed by atoms with Crippen LogP contribution in [0.15, 0.2) is 59.5 Å².